The van der Waals surface area contributed by atoms with Gasteiger partial charge in [-0.15, -0.1) is 0 Å². The Morgan fingerprint density at radius 1 is 1.00 bits per heavy atom. The van der Waals surface area contributed by atoms with E-state index in [0.29, 0.717) is 0 Å². The van der Waals surface area contributed by atoms with Gasteiger partial charge in [0, 0.05) is 0 Å². The molecular formula is C5H3F5O. The molecule has 0 atom stereocenters. The topological polar surface area (TPSA) is 9.23 Å². The molecular weight excluding hydrogens is 171 g/mol. The zero-order chi connectivity index (χ0) is 8.91. The van der Waals surface area contributed by atoms with Crippen LogP contribution in [0.4, 0.5) is 22.0 Å². The van der Waals surface area contributed by atoms with Crippen LogP contribution in [0, 0.1) is 0 Å². The molecule has 0 aromatic heterocycles. The Kier molecular flexibility index (Phi) is 1.26. The van der Waals surface area contributed by atoms with Crippen molar-refractivity contribution in [1.29, 1.82) is 0 Å². The third-order valence-corrected chi connectivity index (χ3v) is 1.39. The van der Waals surface area contributed by atoms with Gasteiger partial charge < -0.3 is 4.74 Å². The molecule has 1 fully saturated rings. The van der Waals surface area contributed by atoms with E-state index in [4.69, 9.17) is 0 Å². The van der Waals surface area contributed by atoms with Gasteiger partial charge in [-0.3, -0.25) is 0 Å². The summed E-state index contributed by atoms with van der Waals surface area (Å²) in [6.07, 6.45) is 0.217. The molecule has 1 saturated carbocycles. The minimum atomic E-state index is -4.74. The van der Waals surface area contributed by atoms with E-state index in [1.54, 1.807) is 0 Å². The molecule has 0 amide bonds. The number of halogens is 5. The fourth-order valence-electron chi connectivity index (χ4n) is 0.626. The van der Waals surface area contributed by atoms with Crippen LogP contribution >= 0.6 is 0 Å². The van der Waals surface area contributed by atoms with E-state index in [-0.39, 0.29) is 6.26 Å². The third kappa shape index (κ3) is 0.598. The van der Waals surface area contributed by atoms with E-state index < -0.39 is 17.7 Å². The number of ether oxygens (including phenoxy) is 1. The van der Waals surface area contributed by atoms with Gasteiger partial charge in [0.05, 0.1) is 6.26 Å². The van der Waals surface area contributed by atoms with Crippen molar-refractivity contribution >= 4 is 0 Å². The summed E-state index contributed by atoms with van der Waals surface area (Å²) in [5, 5.41) is 0. The second-order valence-corrected chi connectivity index (χ2v) is 2.03. The second kappa shape index (κ2) is 1.67. The Hall–Kier alpha value is -0.810. The summed E-state index contributed by atoms with van der Waals surface area (Å²) in [7, 11) is 0. The van der Waals surface area contributed by atoms with Crippen LogP contribution in [0.5, 0.6) is 0 Å². The third-order valence-electron chi connectivity index (χ3n) is 1.39. The molecule has 1 nitrogen and oxygen atoms in total. The molecule has 0 heterocycles. The highest BCUT2D eigenvalue weighted by Crippen LogP contribution is 2.68. The van der Waals surface area contributed by atoms with E-state index in [1.165, 1.54) is 0 Å². The largest absolute Gasteiger partial charge is 0.456 e. The Labute approximate surface area is 58.4 Å². The highest BCUT2D eigenvalue weighted by molar-refractivity contribution is 5.24. The van der Waals surface area contributed by atoms with Gasteiger partial charge in [-0.1, -0.05) is 6.58 Å². The molecule has 1 aliphatic carbocycles. The fourth-order valence-corrected chi connectivity index (χ4v) is 0.626. The van der Waals surface area contributed by atoms with Crippen molar-refractivity contribution in [1.82, 2.24) is 0 Å². The standard InChI is InChI=1S/C5H3F5O/c1-2-11-5(10)3(6,7)4(5,8)9/h2H,1H2. The zero-order valence-corrected chi connectivity index (χ0v) is 5.08. The molecule has 0 bridgehead atoms. The van der Waals surface area contributed by atoms with Crippen LogP contribution in [-0.2, 0) is 4.74 Å². The first-order chi connectivity index (χ1) is 4.81. The minimum absolute atomic E-state index is 0.217. The lowest BCUT2D eigenvalue weighted by molar-refractivity contribution is -0.107. The Morgan fingerprint density at radius 2 is 1.36 bits per heavy atom. The van der Waals surface area contributed by atoms with Crippen LogP contribution < -0.4 is 0 Å². The molecule has 0 aromatic rings. The lowest BCUT2D eigenvalue weighted by atomic mass is 10.7. The molecule has 0 radical (unpaired) electrons. The molecule has 1 aliphatic rings. The van der Waals surface area contributed by atoms with Crippen LogP contribution in [0.15, 0.2) is 12.8 Å². The quantitative estimate of drug-likeness (QED) is 0.460. The number of hydrogen-bond acceptors (Lipinski definition) is 1. The normalized spacial score (nSPS) is 29.2. The Morgan fingerprint density at radius 3 is 1.45 bits per heavy atom. The fraction of sp³-hybridized carbons (Fsp3) is 0.600. The summed E-state index contributed by atoms with van der Waals surface area (Å²) in [6.45, 7) is 2.69. The average molecular weight is 174 g/mol. The van der Waals surface area contributed by atoms with Crippen molar-refractivity contribution in [2.45, 2.75) is 17.7 Å². The zero-order valence-electron chi connectivity index (χ0n) is 5.08. The molecule has 0 unspecified atom stereocenters. The number of hydrogen-bond donors (Lipinski definition) is 0. The Balaban J connectivity index is 2.86. The highest BCUT2D eigenvalue weighted by atomic mass is 19.3. The average Bonchev–Trinajstić information content (AvgIpc) is 2.12. The maximum atomic E-state index is 12.3. The highest BCUT2D eigenvalue weighted by Gasteiger charge is 3.02. The molecule has 6 heteroatoms. The summed E-state index contributed by atoms with van der Waals surface area (Å²) in [6, 6.07) is 0. The first kappa shape index (κ1) is 8.29. The molecule has 0 saturated heterocycles. The van der Waals surface area contributed by atoms with E-state index >= 15 is 0 Å². The molecule has 0 spiro atoms. The maximum Gasteiger partial charge on any atom is 0.392 e. The van der Waals surface area contributed by atoms with Crippen molar-refractivity contribution in [3.8, 4) is 0 Å². The SMILES string of the molecule is C=COC1(F)C(F)(F)C1(F)F. The van der Waals surface area contributed by atoms with Crippen LogP contribution in [0.3, 0.4) is 0 Å². The van der Waals surface area contributed by atoms with Crippen LogP contribution in [-0.4, -0.2) is 17.7 Å². The molecule has 11 heavy (non-hydrogen) atoms. The van der Waals surface area contributed by atoms with E-state index in [0.717, 1.165) is 0 Å². The molecule has 0 N–H and O–H groups in total. The lowest BCUT2D eigenvalue weighted by Crippen LogP contribution is -2.14. The number of alkyl halides is 5. The first-order valence-electron chi connectivity index (χ1n) is 2.54. The van der Waals surface area contributed by atoms with Gasteiger partial charge in [0.25, 0.3) is 0 Å². The van der Waals surface area contributed by atoms with Crippen molar-refractivity contribution in [3.05, 3.63) is 12.8 Å². The molecule has 0 aromatic carbocycles. The van der Waals surface area contributed by atoms with Gasteiger partial charge in [0.2, 0.25) is 0 Å². The van der Waals surface area contributed by atoms with Crippen LogP contribution in [0.1, 0.15) is 0 Å². The predicted molar refractivity (Wildman–Crippen MR) is 25.0 cm³/mol. The monoisotopic (exact) mass is 174 g/mol. The van der Waals surface area contributed by atoms with E-state index in [2.05, 4.69) is 11.3 Å². The number of rotatable bonds is 2. The van der Waals surface area contributed by atoms with Crippen LogP contribution in [0.2, 0.25) is 0 Å². The van der Waals surface area contributed by atoms with Gasteiger partial charge in [-0.25, -0.2) is 0 Å². The van der Waals surface area contributed by atoms with Crippen molar-refractivity contribution in [2.24, 2.45) is 0 Å². The summed E-state index contributed by atoms with van der Waals surface area (Å²) in [5.41, 5.74) is 0. The predicted octanol–water partition coefficient (Wildman–Crippen LogP) is 2.10. The van der Waals surface area contributed by atoms with Crippen LogP contribution in [0.25, 0.3) is 0 Å². The second-order valence-electron chi connectivity index (χ2n) is 2.03. The smallest absolute Gasteiger partial charge is 0.392 e. The van der Waals surface area contributed by atoms with Gasteiger partial charge in [-0.05, 0) is 0 Å². The van der Waals surface area contributed by atoms with Gasteiger partial charge >= 0.3 is 17.7 Å². The van der Waals surface area contributed by atoms with Crippen molar-refractivity contribution in [3.63, 3.8) is 0 Å². The maximum absolute atomic E-state index is 12.3. The molecule has 1 rings (SSSR count). The van der Waals surface area contributed by atoms with Gasteiger partial charge in [0.1, 0.15) is 0 Å². The minimum Gasteiger partial charge on any atom is -0.456 e. The lowest BCUT2D eigenvalue weighted by Gasteiger charge is -2.01. The van der Waals surface area contributed by atoms with Gasteiger partial charge in [0.15, 0.2) is 0 Å². The molecule has 64 valence electrons. The van der Waals surface area contributed by atoms with E-state index in [9.17, 15) is 22.0 Å². The summed E-state index contributed by atoms with van der Waals surface area (Å²) >= 11 is 0. The summed E-state index contributed by atoms with van der Waals surface area (Å²) in [4.78, 5) is 0. The van der Waals surface area contributed by atoms with Crippen molar-refractivity contribution < 1.29 is 26.7 Å². The summed E-state index contributed by atoms with van der Waals surface area (Å²) < 4.78 is 63.0. The van der Waals surface area contributed by atoms with Crippen molar-refractivity contribution in [2.75, 3.05) is 0 Å². The van der Waals surface area contributed by atoms with Gasteiger partial charge in [-0.2, -0.15) is 22.0 Å². The van der Waals surface area contributed by atoms with E-state index in [1.807, 2.05) is 0 Å². The Bertz CT molecular complexity index is 185. The molecule has 0 aliphatic heterocycles. The summed E-state index contributed by atoms with van der Waals surface area (Å²) in [5.74, 6) is -13.7. The first-order valence-corrected chi connectivity index (χ1v) is 2.54.